The summed E-state index contributed by atoms with van der Waals surface area (Å²) in [7, 11) is 0. The van der Waals surface area contributed by atoms with Gasteiger partial charge in [-0.1, -0.05) is 17.2 Å². The second-order valence-corrected chi connectivity index (χ2v) is 4.92. The van der Waals surface area contributed by atoms with Gasteiger partial charge in [0.1, 0.15) is 0 Å². The molecule has 1 fully saturated rings. The van der Waals surface area contributed by atoms with Crippen LogP contribution >= 0.6 is 0 Å². The summed E-state index contributed by atoms with van der Waals surface area (Å²) in [6, 6.07) is 6.16. The fourth-order valence-corrected chi connectivity index (χ4v) is 2.15. The number of benzene rings is 1. The van der Waals surface area contributed by atoms with Crippen molar-refractivity contribution in [3.8, 4) is 0 Å². The number of fused-ring (bicyclic) bond motifs is 1. The molecule has 1 aliphatic carbocycles. The van der Waals surface area contributed by atoms with E-state index in [-0.39, 0.29) is 11.1 Å². The van der Waals surface area contributed by atoms with Gasteiger partial charge in [-0.05, 0) is 12.1 Å². The minimum atomic E-state index is -1.36. The molecule has 7 nitrogen and oxygen atoms in total. The number of carbonyl (C=O) groups is 4. The van der Waals surface area contributed by atoms with Crippen LogP contribution in [-0.4, -0.2) is 34.4 Å². The number of ether oxygens (including phenoxy) is 1. The van der Waals surface area contributed by atoms with E-state index in [1.807, 2.05) is 0 Å². The normalized spacial score (nSPS) is 18.2. The zero-order valence-corrected chi connectivity index (χ0v) is 11.1. The second kappa shape index (κ2) is 4.41. The van der Waals surface area contributed by atoms with E-state index in [9.17, 15) is 19.2 Å². The highest BCUT2D eigenvalue weighted by atomic mass is 16.7. The molecule has 0 bridgehead atoms. The highest BCUT2D eigenvalue weighted by Gasteiger charge is 2.57. The van der Waals surface area contributed by atoms with Gasteiger partial charge in [-0.3, -0.25) is 14.4 Å². The molecule has 0 unspecified atom stereocenters. The second-order valence-electron chi connectivity index (χ2n) is 4.92. The largest absolute Gasteiger partial charge is 0.447 e. The summed E-state index contributed by atoms with van der Waals surface area (Å²) in [6.45, 7) is 1.18. The maximum atomic E-state index is 12.0. The van der Waals surface area contributed by atoms with Gasteiger partial charge in [-0.15, -0.1) is 0 Å². The summed E-state index contributed by atoms with van der Waals surface area (Å²) < 4.78 is 4.91. The number of carbonyl (C=O) groups excluding carboxylic acids is 4. The van der Waals surface area contributed by atoms with Crippen LogP contribution in [0.4, 0.5) is 0 Å². The van der Waals surface area contributed by atoms with Crippen LogP contribution in [0.25, 0.3) is 0 Å². The number of nitrogens with zero attached hydrogens (tertiary/aromatic N) is 1. The van der Waals surface area contributed by atoms with Gasteiger partial charge >= 0.3 is 11.9 Å². The van der Waals surface area contributed by atoms with Gasteiger partial charge in [0.05, 0.1) is 11.1 Å². The molecule has 1 saturated carbocycles. The van der Waals surface area contributed by atoms with E-state index in [0.717, 1.165) is 0 Å². The summed E-state index contributed by atoms with van der Waals surface area (Å²) in [5.41, 5.74) is -1.01. The smallest absolute Gasteiger partial charge is 0.376 e. The first-order valence-corrected chi connectivity index (χ1v) is 6.34. The van der Waals surface area contributed by atoms with Crippen LogP contribution in [0.2, 0.25) is 0 Å². The number of hydroxylamine groups is 2. The third-order valence-corrected chi connectivity index (χ3v) is 3.35. The van der Waals surface area contributed by atoms with E-state index >= 15 is 0 Å². The summed E-state index contributed by atoms with van der Waals surface area (Å²) in [5.74, 6) is -2.94. The molecule has 0 radical (unpaired) electrons. The lowest BCUT2D eigenvalue weighted by molar-refractivity contribution is -0.188. The van der Waals surface area contributed by atoms with Crippen molar-refractivity contribution in [3.63, 3.8) is 0 Å². The van der Waals surface area contributed by atoms with Crippen molar-refractivity contribution in [2.75, 3.05) is 0 Å². The fraction of sp³-hybridized carbons (Fsp3) is 0.286. The van der Waals surface area contributed by atoms with E-state index in [4.69, 9.17) is 9.57 Å². The summed E-state index contributed by atoms with van der Waals surface area (Å²) >= 11 is 0. The highest BCUT2D eigenvalue weighted by Crippen LogP contribution is 2.41. The predicted molar refractivity (Wildman–Crippen MR) is 66.8 cm³/mol. The summed E-state index contributed by atoms with van der Waals surface area (Å²) in [6.07, 6.45) is 0.628. The minimum absolute atomic E-state index is 0.174. The quantitative estimate of drug-likeness (QED) is 0.605. The molecule has 1 aliphatic heterocycles. The first-order chi connectivity index (χ1) is 9.94. The van der Waals surface area contributed by atoms with Crippen LogP contribution in [0, 0.1) is 0 Å². The SMILES string of the molecule is CC(=O)OC1(C(=O)ON2C(=O)c3ccccc3C2=O)CC1. The summed E-state index contributed by atoms with van der Waals surface area (Å²) in [4.78, 5) is 51.9. The molecule has 0 saturated heterocycles. The van der Waals surface area contributed by atoms with Crippen LogP contribution in [0.1, 0.15) is 40.5 Å². The van der Waals surface area contributed by atoms with Crippen LogP contribution < -0.4 is 0 Å². The minimum Gasteiger partial charge on any atom is -0.447 e. The molecule has 7 heteroatoms. The third kappa shape index (κ3) is 2.06. The van der Waals surface area contributed by atoms with Crippen molar-refractivity contribution in [1.82, 2.24) is 5.06 Å². The maximum Gasteiger partial charge on any atom is 0.376 e. The van der Waals surface area contributed by atoms with Gasteiger partial charge in [-0.2, -0.15) is 0 Å². The van der Waals surface area contributed by atoms with Gasteiger partial charge in [-0.25, -0.2) is 4.79 Å². The van der Waals surface area contributed by atoms with Crippen molar-refractivity contribution in [3.05, 3.63) is 35.4 Å². The Balaban J connectivity index is 1.78. The number of hydrogen-bond donors (Lipinski definition) is 0. The molecule has 0 atom stereocenters. The Kier molecular flexibility index (Phi) is 2.79. The van der Waals surface area contributed by atoms with Crippen molar-refractivity contribution in [2.45, 2.75) is 25.4 Å². The lowest BCUT2D eigenvalue weighted by Crippen LogP contribution is -2.39. The van der Waals surface area contributed by atoms with Crippen molar-refractivity contribution in [2.24, 2.45) is 0 Å². The molecule has 1 aromatic rings. The summed E-state index contributed by atoms with van der Waals surface area (Å²) in [5, 5.41) is 0.413. The molecule has 2 amide bonds. The maximum absolute atomic E-state index is 12.0. The molecular formula is C14H11NO6. The molecule has 1 aromatic carbocycles. The van der Waals surface area contributed by atoms with Gasteiger partial charge in [0.15, 0.2) is 0 Å². The van der Waals surface area contributed by atoms with Gasteiger partial charge in [0.2, 0.25) is 5.60 Å². The first-order valence-electron chi connectivity index (χ1n) is 6.34. The number of hydrogen-bond acceptors (Lipinski definition) is 6. The molecule has 0 spiro atoms. The van der Waals surface area contributed by atoms with Crippen molar-refractivity contribution >= 4 is 23.8 Å². The first kappa shape index (κ1) is 13.3. The monoisotopic (exact) mass is 289 g/mol. The average Bonchev–Trinajstić information content (AvgIpc) is 3.18. The Labute approximate surface area is 119 Å². The molecule has 0 aromatic heterocycles. The number of esters is 1. The Bertz CT molecular complexity index is 641. The zero-order valence-electron chi connectivity index (χ0n) is 11.1. The Hall–Kier alpha value is -2.70. The lowest BCUT2D eigenvalue weighted by atomic mass is 10.1. The topological polar surface area (TPSA) is 90.0 Å². The van der Waals surface area contributed by atoms with Crippen molar-refractivity contribution < 1.29 is 28.8 Å². The van der Waals surface area contributed by atoms with E-state index < -0.39 is 29.4 Å². The van der Waals surface area contributed by atoms with E-state index in [1.165, 1.54) is 19.1 Å². The van der Waals surface area contributed by atoms with Crippen LogP contribution in [0.15, 0.2) is 24.3 Å². The molecule has 0 N–H and O–H groups in total. The lowest BCUT2D eigenvalue weighted by Gasteiger charge is -2.18. The molecule has 3 rings (SSSR count). The van der Waals surface area contributed by atoms with Gasteiger partial charge in [0, 0.05) is 19.8 Å². The van der Waals surface area contributed by atoms with Crippen LogP contribution in [-0.2, 0) is 19.2 Å². The Morgan fingerprint density at radius 3 is 2.05 bits per heavy atom. The number of rotatable bonds is 3. The molecular weight excluding hydrogens is 278 g/mol. The molecule has 1 heterocycles. The zero-order chi connectivity index (χ0) is 15.2. The van der Waals surface area contributed by atoms with Crippen LogP contribution in [0.3, 0.4) is 0 Å². The molecule has 21 heavy (non-hydrogen) atoms. The molecule has 2 aliphatic rings. The van der Waals surface area contributed by atoms with Gasteiger partial charge < -0.3 is 9.57 Å². The van der Waals surface area contributed by atoms with E-state index in [2.05, 4.69) is 0 Å². The average molecular weight is 289 g/mol. The predicted octanol–water partition coefficient (Wildman–Crippen LogP) is 0.836. The number of imide groups is 1. The standard InChI is InChI=1S/C14H11NO6/c1-8(16)20-14(6-7-14)13(19)21-15-11(17)9-4-2-3-5-10(9)12(15)18/h2-5H,6-7H2,1H3. The highest BCUT2D eigenvalue weighted by molar-refractivity contribution is 6.21. The van der Waals surface area contributed by atoms with E-state index in [0.29, 0.717) is 17.9 Å². The van der Waals surface area contributed by atoms with E-state index in [1.54, 1.807) is 12.1 Å². The Morgan fingerprint density at radius 2 is 1.62 bits per heavy atom. The number of amides is 2. The van der Waals surface area contributed by atoms with Gasteiger partial charge in [0.25, 0.3) is 11.8 Å². The van der Waals surface area contributed by atoms with Crippen molar-refractivity contribution in [1.29, 1.82) is 0 Å². The third-order valence-electron chi connectivity index (χ3n) is 3.35. The molecule has 108 valence electrons. The Morgan fingerprint density at radius 1 is 1.10 bits per heavy atom. The van der Waals surface area contributed by atoms with Crippen LogP contribution in [0.5, 0.6) is 0 Å². The fourth-order valence-electron chi connectivity index (χ4n) is 2.15.